The first-order chi connectivity index (χ1) is 13.2. The highest BCUT2D eigenvalue weighted by Crippen LogP contribution is 2.20. The number of rotatable bonds is 7. The SMILES string of the molecule is O=C(NC1CC1)[C@@H]1CNCCN1C(=O)CCCc1nc(-c2ccco2)no1. The second-order valence-corrected chi connectivity index (χ2v) is 6.93. The number of hydrogen-bond acceptors (Lipinski definition) is 7. The number of amides is 2. The highest BCUT2D eigenvalue weighted by atomic mass is 16.5. The number of hydrogen-bond donors (Lipinski definition) is 2. The van der Waals surface area contributed by atoms with Crippen LogP contribution >= 0.6 is 0 Å². The number of nitrogens with zero attached hydrogens (tertiary/aromatic N) is 3. The lowest BCUT2D eigenvalue weighted by atomic mass is 10.1. The number of piperazine rings is 1. The lowest BCUT2D eigenvalue weighted by Crippen LogP contribution is -2.59. The van der Waals surface area contributed by atoms with E-state index in [1.54, 1.807) is 23.3 Å². The van der Waals surface area contributed by atoms with Gasteiger partial charge in [-0.25, -0.2) is 0 Å². The fourth-order valence-electron chi connectivity index (χ4n) is 3.16. The first kappa shape index (κ1) is 17.7. The molecule has 2 aromatic rings. The summed E-state index contributed by atoms with van der Waals surface area (Å²) in [6.07, 6.45) is 5.04. The fraction of sp³-hybridized carbons (Fsp3) is 0.556. The monoisotopic (exact) mass is 373 g/mol. The van der Waals surface area contributed by atoms with Crippen LogP contribution in [0.3, 0.4) is 0 Å². The molecule has 0 aromatic carbocycles. The lowest BCUT2D eigenvalue weighted by molar-refractivity contribution is -0.141. The third-order valence-corrected chi connectivity index (χ3v) is 4.78. The van der Waals surface area contributed by atoms with Gasteiger partial charge >= 0.3 is 0 Å². The summed E-state index contributed by atoms with van der Waals surface area (Å²) in [7, 11) is 0. The topological polar surface area (TPSA) is 114 Å². The van der Waals surface area contributed by atoms with Crippen LogP contribution in [0, 0.1) is 0 Å². The van der Waals surface area contributed by atoms with Crippen molar-refractivity contribution in [2.45, 2.75) is 44.2 Å². The predicted octanol–water partition coefficient (Wildman–Crippen LogP) is 0.731. The van der Waals surface area contributed by atoms with Gasteiger partial charge in [0, 0.05) is 38.5 Å². The van der Waals surface area contributed by atoms with Crippen LogP contribution in [0.1, 0.15) is 31.6 Å². The Morgan fingerprint density at radius 1 is 1.37 bits per heavy atom. The maximum atomic E-state index is 12.6. The van der Waals surface area contributed by atoms with Gasteiger partial charge in [-0.1, -0.05) is 5.16 Å². The normalized spacial score (nSPS) is 19.9. The lowest BCUT2D eigenvalue weighted by Gasteiger charge is -2.35. The minimum atomic E-state index is -0.430. The van der Waals surface area contributed by atoms with E-state index in [2.05, 4.69) is 20.8 Å². The average Bonchev–Trinajstić information content (AvgIpc) is 3.13. The van der Waals surface area contributed by atoms with Crippen LogP contribution in [0.2, 0.25) is 0 Å². The number of aryl methyl sites for hydroxylation is 1. The van der Waals surface area contributed by atoms with Crippen LogP contribution in [0.15, 0.2) is 27.3 Å². The summed E-state index contributed by atoms with van der Waals surface area (Å²) < 4.78 is 10.4. The van der Waals surface area contributed by atoms with Gasteiger partial charge in [0.2, 0.25) is 23.5 Å². The molecule has 1 saturated heterocycles. The molecule has 1 aliphatic carbocycles. The maximum Gasteiger partial charge on any atom is 0.244 e. The Labute approximate surface area is 156 Å². The van der Waals surface area contributed by atoms with Gasteiger partial charge in [-0.15, -0.1) is 0 Å². The maximum absolute atomic E-state index is 12.6. The predicted molar refractivity (Wildman–Crippen MR) is 94.5 cm³/mol. The molecular formula is C18H23N5O4. The Hall–Kier alpha value is -2.68. The molecule has 2 aliphatic rings. The molecule has 1 saturated carbocycles. The quantitative estimate of drug-likeness (QED) is 0.735. The van der Waals surface area contributed by atoms with Gasteiger partial charge in [-0.05, 0) is 31.4 Å². The van der Waals surface area contributed by atoms with Crippen LogP contribution in [-0.2, 0) is 16.0 Å². The van der Waals surface area contributed by atoms with E-state index >= 15 is 0 Å². The van der Waals surface area contributed by atoms with Crippen molar-refractivity contribution in [1.82, 2.24) is 25.7 Å². The van der Waals surface area contributed by atoms with E-state index in [1.165, 1.54) is 0 Å². The Kier molecular flexibility index (Phi) is 5.19. The molecule has 0 unspecified atom stereocenters. The summed E-state index contributed by atoms with van der Waals surface area (Å²) in [4.78, 5) is 31.0. The van der Waals surface area contributed by atoms with Crippen molar-refractivity contribution in [3.63, 3.8) is 0 Å². The summed E-state index contributed by atoms with van der Waals surface area (Å²) in [6.45, 7) is 1.75. The molecule has 9 heteroatoms. The van der Waals surface area contributed by atoms with Gasteiger partial charge in [0.05, 0.1) is 6.26 Å². The summed E-state index contributed by atoms with van der Waals surface area (Å²) >= 11 is 0. The number of furan rings is 1. The molecule has 3 heterocycles. The molecule has 0 spiro atoms. The Morgan fingerprint density at radius 2 is 2.26 bits per heavy atom. The van der Waals surface area contributed by atoms with E-state index in [0.717, 1.165) is 12.8 Å². The van der Waals surface area contributed by atoms with E-state index < -0.39 is 6.04 Å². The van der Waals surface area contributed by atoms with E-state index in [0.29, 0.717) is 56.4 Å². The zero-order valence-electron chi connectivity index (χ0n) is 15.0. The van der Waals surface area contributed by atoms with Crippen LogP contribution < -0.4 is 10.6 Å². The first-order valence-corrected chi connectivity index (χ1v) is 9.38. The zero-order chi connectivity index (χ0) is 18.6. The molecule has 2 aromatic heterocycles. The first-order valence-electron chi connectivity index (χ1n) is 9.38. The Morgan fingerprint density at radius 3 is 3.04 bits per heavy atom. The van der Waals surface area contributed by atoms with Crippen molar-refractivity contribution in [3.8, 4) is 11.6 Å². The largest absolute Gasteiger partial charge is 0.461 e. The smallest absolute Gasteiger partial charge is 0.244 e. The standard InChI is InChI=1S/C18H23N5O4/c24-16(23-9-8-19-11-13(23)18(25)20-12-6-7-12)5-1-4-15-21-17(22-27-15)14-3-2-10-26-14/h2-3,10,12-13,19H,1,4-9,11H2,(H,20,25)/t13-/m0/s1. The molecule has 9 nitrogen and oxygen atoms in total. The molecule has 0 radical (unpaired) electrons. The molecule has 2 N–H and O–H groups in total. The van der Waals surface area contributed by atoms with Gasteiger partial charge in [0.15, 0.2) is 5.76 Å². The van der Waals surface area contributed by atoms with Crippen molar-refractivity contribution < 1.29 is 18.5 Å². The highest BCUT2D eigenvalue weighted by Gasteiger charge is 2.34. The summed E-state index contributed by atoms with van der Waals surface area (Å²) in [5.74, 6) is 1.35. The summed E-state index contributed by atoms with van der Waals surface area (Å²) in [6, 6.07) is 3.38. The molecule has 144 valence electrons. The molecule has 1 aliphatic heterocycles. The highest BCUT2D eigenvalue weighted by molar-refractivity contribution is 5.88. The van der Waals surface area contributed by atoms with Crippen LogP contribution in [0.25, 0.3) is 11.6 Å². The van der Waals surface area contributed by atoms with E-state index in [4.69, 9.17) is 8.94 Å². The molecule has 0 bridgehead atoms. The second kappa shape index (κ2) is 7.91. The number of nitrogens with one attached hydrogen (secondary N) is 2. The van der Waals surface area contributed by atoms with Crippen molar-refractivity contribution in [2.75, 3.05) is 19.6 Å². The minimum absolute atomic E-state index is 0.0155. The van der Waals surface area contributed by atoms with Crippen LogP contribution in [-0.4, -0.2) is 58.6 Å². The number of carbonyl (C=O) groups excluding carboxylic acids is 2. The fourth-order valence-corrected chi connectivity index (χ4v) is 3.16. The second-order valence-electron chi connectivity index (χ2n) is 6.93. The van der Waals surface area contributed by atoms with E-state index in [-0.39, 0.29) is 17.9 Å². The van der Waals surface area contributed by atoms with Crippen LogP contribution in [0.5, 0.6) is 0 Å². The van der Waals surface area contributed by atoms with Crippen LogP contribution in [0.4, 0.5) is 0 Å². The minimum Gasteiger partial charge on any atom is -0.461 e. The molecule has 4 rings (SSSR count). The Bertz CT molecular complexity index is 784. The van der Waals surface area contributed by atoms with Gasteiger partial charge in [-0.3, -0.25) is 9.59 Å². The third-order valence-electron chi connectivity index (χ3n) is 4.78. The van der Waals surface area contributed by atoms with Crippen molar-refractivity contribution in [2.24, 2.45) is 0 Å². The zero-order valence-corrected chi connectivity index (χ0v) is 15.0. The Balaban J connectivity index is 1.28. The molecule has 27 heavy (non-hydrogen) atoms. The number of aromatic nitrogens is 2. The van der Waals surface area contributed by atoms with Crippen molar-refractivity contribution in [3.05, 3.63) is 24.3 Å². The van der Waals surface area contributed by atoms with E-state index in [9.17, 15) is 9.59 Å². The molecule has 2 amide bonds. The van der Waals surface area contributed by atoms with E-state index in [1.807, 2.05) is 0 Å². The van der Waals surface area contributed by atoms with Gasteiger partial charge in [0.1, 0.15) is 6.04 Å². The average molecular weight is 373 g/mol. The van der Waals surface area contributed by atoms with Gasteiger partial charge in [-0.2, -0.15) is 4.98 Å². The van der Waals surface area contributed by atoms with Crippen molar-refractivity contribution >= 4 is 11.8 Å². The van der Waals surface area contributed by atoms with Gasteiger partial charge in [0.25, 0.3) is 0 Å². The van der Waals surface area contributed by atoms with Crippen molar-refractivity contribution in [1.29, 1.82) is 0 Å². The molecule has 1 atom stereocenters. The molecular weight excluding hydrogens is 350 g/mol. The number of carbonyl (C=O) groups is 2. The summed E-state index contributed by atoms with van der Waals surface area (Å²) in [5, 5.41) is 10.1. The summed E-state index contributed by atoms with van der Waals surface area (Å²) in [5.41, 5.74) is 0. The third kappa shape index (κ3) is 4.36. The molecule has 2 fully saturated rings. The van der Waals surface area contributed by atoms with Gasteiger partial charge < -0.3 is 24.5 Å².